The monoisotopic (exact) mass is 514 g/mol. The Hall–Kier alpha value is 0.397. The van der Waals surface area contributed by atoms with Gasteiger partial charge in [0.25, 0.3) is 0 Å². The molecule has 0 aliphatic heterocycles. The SMILES string of the molecule is CCCCCCC[NH3+].CCCCCCC[NH3+].O=[As]([O-])(O)O.O=[As]([O-])(O)O. The Morgan fingerprint density at radius 1 is 0.615 bits per heavy atom. The van der Waals surface area contributed by atoms with Gasteiger partial charge in [-0.2, -0.15) is 0 Å². The van der Waals surface area contributed by atoms with E-state index in [2.05, 4.69) is 25.3 Å². The fourth-order valence-corrected chi connectivity index (χ4v) is 1.56. The number of unbranched alkanes of at least 4 members (excludes halogenated alkanes) is 8. The summed E-state index contributed by atoms with van der Waals surface area (Å²) in [5.41, 5.74) is 7.57. The maximum absolute atomic E-state index is 8.83. The molecule has 0 aliphatic rings. The van der Waals surface area contributed by atoms with E-state index in [1.165, 1.54) is 64.2 Å². The molecule has 0 amide bonds. The van der Waals surface area contributed by atoms with E-state index < -0.39 is 29.0 Å². The van der Waals surface area contributed by atoms with Gasteiger partial charge in [0.05, 0.1) is 13.1 Å². The third-order valence-electron chi connectivity index (χ3n) is 2.71. The molecule has 0 fully saturated rings. The first kappa shape index (κ1) is 33.9. The van der Waals surface area contributed by atoms with Crippen molar-refractivity contribution in [1.29, 1.82) is 0 Å². The van der Waals surface area contributed by atoms with E-state index in [0.29, 0.717) is 0 Å². The summed E-state index contributed by atoms with van der Waals surface area (Å²) >= 11 is -10.8. The van der Waals surface area contributed by atoms with Gasteiger partial charge in [-0.05, 0) is 25.7 Å². The van der Waals surface area contributed by atoms with Gasteiger partial charge in [-0.1, -0.05) is 52.4 Å². The minimum absolute atomic E-state index is 1.11. The van der Waals surface area contributed by atoms with Crippen molar-refractivity contribution in [2.24, 2.45) is 0 Å². The zero-order chi connectivity index (χ0) is 21.5. The molecule has 0 unspecified atom stereocenters. The predicted octanol–water partition coefficient (Wildman–Crippen LogP) is -3.21. The van der Waals surface area contributed by atoms with E-state index in [0.717, 1.165) is 13.1 Å². The molecule has 0 heterocycles. The molecule has 26 heavy (non-hydrogen) atoms. The van der Waals surface area contributed by atoms with Crippen molar-refractivity contribution >= 4 is 29.0 Å². The second kappa shape index (κ2) is 25.4. The van der Waals surface area contributed by atoms with E-state index in [9.17, 15) is 0 Å². The van der Waals surface area contributed by atoms with Crippen LogP contribution in [0.1, 0.15) is 78.1 Å². The van der Waals surface area contributed by atoms with Crippen LogP contribution in [0.2, 0.25) is 0 Å². The van der Waals surface area contributed by atoms with Crippen LogP contribution in [-0.2, 0) is 7.48 Å². The van der Waals surface area contributed by atoms with Crippen LogP contribution in [0, 0.1) is 0 Å². The summed E-state index contributed by atoms with van der Waals surface area (Å²) in [5.74, 6) is 0. The number of quaternary nitrogens is 2. The van der Waals surface area contributed by atoms with Crippen molar-refractivity contribution in [2.45, 2.75) is 78.1 Å². The van der Waals surface area contributed by atoms with Crippen LogP contribution < -0.4 is 19.7 Å². The standard InChI is InChI=1S/2C7H17N.2AsH3O4/c2*1-2-3-4-5-6-7-8;2*2-1(3,4)5/h2*2-8H2,1H3;2*(H3,2,3,4,5). The molecule has 0 saturated heterocycles. The van der Waals surface area contributed by atoms with E-state index in [-0.39, 0.29) is 0 Å². The van der Waals surface area contributed by atoms with Crippen LogP contribution in [0.25, 0.3) is 0 Å². The van der Waals surface area contributed by atoms with Crippen LogP contribution in [0.15, 0.2) is 0 Å². The van der Waals surface area contributed by atoms with Crippen LogP contribution in [-0.4, -0.2) is 58.5 Å². The van der Waals surface area contributed by atoms with Crippen molar-refractivity contribution in [3.63, 3.8) is 0 Å². The molecule has 0 bridgehead atoms. The maximum atomic E-state index is 8.83. The Labute approximate surface area is 163 Å². The van der Waals surface area contributed by atoms with E-state index in [4.69, 9.17) is 32.1 Å². The quantitative estimate of drug-likeness (QED) is 0.129. The summed E-state index contributed by atoms with van der Waals surface area (Å²) in [5, 5.41) is 0. The van der Waals surface area contributed by atoms with Gasteiger partial charge in [0.2, 0.25) is 0 Å². The normalized spacial score (nSPS) is 10.5. The van der Waals surface area contributed by atoms with Crippen molar-refractivity contribution in [1.82, 2.24) is 0 Å². The summed E-state index contributed by atoms with van der Waals surface area (Å²) in [6.07, 6.45) is 13.7. The van der Waals surface area contributed by atoms with E-state index >= 15 is 0 Å². The fraction of sp³-hybridized carbons (Fsp3) is 1.00. The average Bonchev–Trinajstić information content (AvgIpc) is 2.46. The Morgan fingerprint density at radius 3 is 0.962 bits per heavy atom. The molecule has 0 aliphatic carbocycles. The first-order valence-electron chi connectivity index (χ1n) is 8.94. The van der Waals surface area contributed by atoms with Gasteiger partial charge < -0.3 is 11.5 Å². The van der Waals surface area contributed by atoms with Crippen LogP contribution in [0.3, 0.4) is 0 Å². The molecule has 10 nitrogen and oxygen atoms in total. The molecule has 0 aromatic rings. The summed E-state index contributed by atoms with van der Waals surface area (Å²) in [7, 11) is 0. The van der Waals surface area contributed by atoms with Gasteiger partial charge in [0.15, 0.2) is 0 Å². The molecule has 164 valence electrons. The van der Waals surface area contributed by atoms with Crippen molar-refractivity contribution in [3.8, 4) is 0 Å². The van der Waals surface area contributed by atoms with Gasteiger partial charge in [-0.25, -0.2) is 0 Å². The van der Waals surface area contributed by atoms with Crippen LogP contribution >= 0.6 is 0 Å². The van der Waals surface area contributed by atoms with Crippen LogP contribution in [0.4, 0.5) is 0 Å². The van der Waals surface area contributed by atoms with Gasteiger partial charge in [0, 0.05) is 0 Å². The Kier molecular flexibility index (Phi) is 33.2. The van der Waals surface area contributed by atoms with Gasteiger partial charge in [-0.15, -0.1) is 0 Å². The summed E-state index contributed by atoms with van der Waals surface area (Å²) in [6.45, 7) is 6.71. The number of hydrogen-bond acceptors (Lipinski definition) is 4. The third-order valence-corrected chi connectivity index (χ3v) is 2.71. The number of hydrogen-bond donors (Lipinski definition) is 6. The fourth-order valence-electron chi connectivity index (χ4n) is 1.56. The van der Waals surface area contributed by atoms with Crippen molar-refractivity contribution in [3.05, 3.63) is 0 Å². The topological polar surface area (TPSA) is 216 Å². The van der Waals surface area contributed by atoms with E-state index in [1.807, 2.05) is 0 Å². The molecule has 0 radical (unpaired) electrons. The second-order valence-corrected chi connectivity index (χ2v) is 9.63. The van der Waals surface area contributed by atoms with Crippen molar-refractivity contribution in [2.75, 3.05) is 13.1 Å². The minimum atomic E-state index is -5.38. The Balaban J connectivity index is -0.000000127. The number of rotatable bonds is 10. The third kappa shape index (κ3) is 124. The molecule has 0 atom stereocenters. The Bertz CT molecular complexity index is 276. The van der Waals surface area contributed by atoms with Crippen LogP contribution in [0.5, 0.6) is 0 Å². The van der Waals surface area contributed by atoms with E-state index in [1.54, 1.807) is 0 Å². The molecule has 12 heteroatoms. The zero-order valence-corrected chi connectivity index (χ0v) is 20.0. The predicted molar refractivity (Wildman–Crippen MR) is 94.8 cm³/mol. The summed E-state index contributed by atoms with van der Waals surface area (Å²) in [6, 6.07) is 0. The molecule has 0 aromatic heterocycles. The van der Waals surface area contributed by atoms with Crippen molar-refractivity contribution < 1.29 is 43.5 Å². The van der Waals surface area contributed by atoms with Gasteiger partial charge in [-0.3, -0.25) is 0 Å². The Morgan fingerprint density at radius 2 is 0.808 bits per heavy atom. The van der Waals surface area contributed by atoms with Gasteiger partial charge >= 0.3 is 61.1 Å². The molecule has 10 N–H and O–H groups in total. The summed E-state index contributed by atoms with van der Waals surface area (Å²) in [4.78, 5) is 0. The first-order valence-corrected chi connectivity index (χ1v) is 15.4. The molecule has 0 rings (SSSR count). The average molecular weight is 514 g/mol. The second-order valence-electron chi connectivity index (χ2n) is 5.52. The first-order chi connectivity index (χ1) is 11.8. The molecule has 0 spiro atoms. The molecular formula is C14H40As2N2O8. The zero-order valence-electron chi connectivity index (χ0n) is 16.2. The molecular weight excluding hydrogens is 474 g/mol. The summed E-state index contributed by atoms with van der Waals surface area (Å²) < 4.78 is 63.9. The molecule has 0 aromatic carbocycles. The molecule has 0 saturated carbocycles. The van der Waals surface area contributed by atoms with Gasteiger partial charge in [0.1, 0.15) is 0 Å².